The second kappa shape index (κ2) is 15.6. The van der Waals surface area contributed by atoms with Crippen molar-refractivity contribution in [1.29, 1.82) is 0 Å². The Hall–Kier alpha value is -5.77. The highest BCUT2D eigenvalue weighted by Gasteiger charge is 2.52. The molecule has 61 heavy (non-hydrogen) atoms. The number of rotatable bonds is 12. The molecule has 2 aliphatic carbocycles. The molecule has 0 radical (unpaired) electrons. The molecular weight excluding hydrogens is 787 g/mol. The van der Waals surface area contributed by atoms with Gasteiger partial charge in [0.2, 0.25) is 11.8 Å². The second-order valence-corrected chi connectivity index (χ2v) is 17.9. The minimum Gasteiger partial charge on any atom is -0.494 e. The third kappa shape index (κ3) is 7.63. The van der Waals surface area contributed by atoms with Crippen molar-refractivity contribution in [1.82, 2.24) is 29.9 Å². The van der Waals surface area contributed by atoms with Gasteiger partial charge in [0, 0.05) is 62.4 Å². The minimum atomic E-state index is -3.17. The second-order valence-electron chi connectivity index (χ2n) is 17.9. The van der Waals surface area contributed by atoms with Crippen molar-refractivity contribution in [2.75, 3.05) is 43.9 Å². The van der Waals surface area contributed by atoms with E-state index in [0.29, 0.717) is 46.5 Å². The number of piperidine rings is 1. The van der Waals surface area contributed by atoms with E-state index in [1.54, 1.807) is 18.2 Å². The molecule has 5 heterocycles. The van der Waals surface area contributed by atoms with Crippen molar-refractivity contribution in [2.45, 2.75) is 89.6 Å². The maximum absolute atomic E-state index is 13.9. The zero-order valence-corrected chi connectivity index (χ0v) is 34.6. The number of nitrogens with zero attached hydrogens (tertiary/aromatic N) is 5. The number of hydrogen-bond donors (Lipinski definition) is 3. The number of fused-ring (bicyclic) bond motifs is 2. The Kier molecular flexibility index (Phi) is 10.4. The number of pyridine rings is 1. The summed E-state index contributed by atoms with van der Waals surface area (Å²) >= 11 is 0. The smallest absolute Gasteiger partial charge is 0.287 e. The molecule has 1 spiro atoms. The van der Waals surface area contributed by atoms with E-state index in [9.17, 15) is 32.8 Å². The number of likely N-dealkylation sites (tertiary alicyclic amines) is 1. The number of hydrogen-bond acceptors (Lipinski definition) is 10. The molecule has 14 nitrogen and oxygen atoms in total. The zero-order valence-electron chi connectivity index (χ0n) is 34.6. The van der Waals surface area contributed by atoms with Crippen LogP contribution in [0.25, 0.3) is 10.9 Å². The lowest BCUT2D eigenvalue weighted by atomic mass is 9.57. The number of carbonyl (C=O) groups is 5. The van der Waals surface area contributed by atoms with Gasteiger partial charge in [0.15, 0.2) is 0 Å². The van der Waals surface area contributed by atoms with Crippen LogP contribution < -0.4 is 20.7 Å². The summed E-state index contributed by atoms with van der Waals surface area (Å²) in [6, 6.07) is 10.2. The van der Waals surface area contributed by atoms with Crippen molar-refractivity contribution < 1.29 is 37.5 Å². The molecule has 320 valence electrons. The van der Waals surface area contributed by atoms with Gasteiger partial charge in [0.05, 0.1) is 35.5 Å². The van der Waals surface area contributed by atoms with Gasteiger partial charge in [-0.05, 0) is 106 Å². The molecule has 4 fully saturated rings. The van der Waals surface area contributed by atoms with Crippen LogP contribution >= 0.6 is 0 Å². The number of anilines is 2. The number of alkyl halides is 2. The molecule has 5 amide bonds. The van der Waals surface area contributed by atoms with Crippen LogP contribution in [0.1, 0.15) is 113 Å². The summed E-state index contributed by atoms with van der Waals surface area (Å²) in [5.41, 5.74) is 2.98. The van der Waals surface area contributed by atoms with Crippen LogP contribution in [0, 0.1) is 24.2 Å². The summed E-state index contributed by atoms with van der Waals surface area (Å²) in [6.07, 6.45) is 9.86. The molecule has 3 N–H and O–H groups in total. The molecule has 4 aromatic rings. The number of imide groups is 2. The molecule has 2 aromatic heterocycles. The number of carbonyl (C=O) groups excluding carboxylic acids is 5. The highest BCUT2D eigenvalue weighted by molar-refractivity contribution is 6.25. The monoisotopic (exact) mass is 836 g/mol. The lowest BCUT2D eigenvalue weighted by molar-refractivity contribution is -0.136. The van der Waals surface area contributed by atoms with Gasteiger partial charge < -0.3 is 20.3 Å². The Morgan fingerprint density at radius 3 is 2.46 bits per heavy atom. The molecule has 2 aromatic carbocycles. The average molecular weight is 837 g/mol. The van der Waals surface area contributed by atoms with E-state index in [1.165, 1.54) is 38.2 Å². The van der Waals surface area contributed by atoms with Gasteiger partial charge in [0.25, 0.3) is 23.6 Å². The van der Waals surface area contributed by atoms with E-state index in [2.05, 4.69) is 25.8 Å². The summed E-state index contributed by atoms with van der Waals surface area (Å²) in [6.45, 7) is 6.69. The number of benzene rings is 2. The number of amides is 5. The van der Waals surface area contributed by atoms with Gasteiger partial charge in [-0.1, -0.05) is 12.1 Å². The molecule has 2 saturated heterocycles. The van der Waals surface area contributed by atoms with E-state index >= 15 is 0 Å². The van der Waals surface area contributed by atoms with Crippen molar-refractivity contribution >= 4 is 51.8 Å². The molecule has 9 rings (SSSR count). The van der Waals surface area contributed by atoms with Crippen LogP contribution in [0.3, 0.4) is 0 Å². The number of methoxy groups -OCH3 is 1. The number of nitrogens with one attached hydrogen (secondary N) is 3. The van der Waals surface area contributed by atoms with Crippen molar-refractivity contribution in [2.24, 2.45) is 17.3 Å². The van der Waals surface area contributed by atoms with Crippen LogP contribution in [0.2, 0.25) is 0 Å². The molecule has 1 atom stereocenters. The SMILES string of the molecule is COc1c(NC(=O)c2cccc(C(C)(F)F)n2)cc2cn(C3CCC(CN4CC5(CC(CCNc6cccc7c6C(=O)N(C6CCC(=O)NC6=O)C7=O)C5)C4)CC3)nc2c1C. The lowest BCUT2D eigenvalue weighted by Gasteiger charge is -2.60. The van der Waals surface area contributed by atoms with Gasteiger partial charge in [-0.3, -0.25) is 38.9 Å². The van der Waals surface area contributed by atoms with E-state index < -0.39 is 47.2 Å². The highest BCUT2D eigenvalue weighted by Crippen LogP contribution is 2.53. The number of aryl methyl sites for hydroxylation is 1. The molecule has 1 unspecified atom stereocenters. The predicted molar refractivity (Wildman–Crippen MR) is 222 cm³/mol. The van der Waals surface area contributed by atoms with Crippen LogP contribution in [0.4, 0.5) is 20.2 Å². The van der Waals surface area contributed by atoms with Gasteiger partial charge in [-0.25, -0.2) is 4.98 Å². The number of aromatic nitrogens is 3. The predicted octanol–water partition coefficient (Wildman–Crippen LogP) is 6.46. The summed E-state index contributed by atoms with van der Waals surface area (Å²) in [7, 11) is 1.52. The first kappa shape index (κ1) is 40.6. The fourth-order valence-corrected chi connectivity index (χ4v) is 10.6. The molecular formula is C45H50F2N8O6. The highest BCUT2D eigenvalue weighted by atomic mass is 19.3. The Balaban J connectivity index is 0.729. The fraction of sp³-hybridized carbons (Fsp3) is 0.489. The summed E-state index contributed by atoms with van der Waals surface area (Å²) in [4.78, 5) is 71.3. The first-order chi connectivity index (χ1) is 29.2. The molecule has 16 heteroatoms. The van der Waals surface area contributed by atoms with Gasteiger partial charge in [-0.2, -0.15) is 13.9 Å². The van der Waals surface area contributed by atoms with Crippen molar-refractivity contribution in [3.05, 3.63) is 76.7 Å². The quantitative estimate of drug-likeness (QED) is 0.135. The maximum Gasteiger partial charge on any atom is 0.287 e. The molecule has 0 bridgehead atoms. The normalized spacial score (nSPS) is 22.8. The summed E-state index contributed by atoms with van der Waals surface area (Å²) in [5, 5.41) is 14.3. The Morgan fingerprint density at radius 2 is 1.74 bits per heavy atom. The van der Waals surface area contributed by atoms with Gasteiger partial charge in [0.1, 0.15) is 23.2 Å². The fourth-order valence-electron chi connectivity index (χ4n) is 10.6. The van der Waals surface area contributed by atoms with E-state index in [4.69, 9.17) is 9.84 Å². The zero-order chi connectivity index (χ0) is 42.8. The maximum atomic E-state index is 13.9. The van der Waals surface area contributed by atoms with Crippen molar-refractivity contribution in [3.63, 3.8) is 0 Å². The van der Waals surface area contributed by atoms with E-state index in [-0.39, 0.29) is 30.1 Å². The third-order valence-electron chi connectivity index (χ3n) is 13.5. The van der Waals surface area contributed by atoms with Crippen molar-refractivity contribution in [3.8, 4) is 5.75 Å². The summed E-state index contributed by atoms with van der Waals surface area (Å²) < 4.78 is 35.5. The first-order valence-corrected chi connectivity index (χ1v) is 21.2. The Labute approximate surface area is 351 Å². The average Bonchev–Trinajstić information content (AvgIpc) is 3.74. The van der Waals surface area contributed by atoms with Crippen LogP contribution in [0.15, 0.2) is 48.7 Å². The standard InChI is InChI=1S/C45H50F2N8O6/c1-25-38-28(18-33(39(25)61-3)50-40(57)32-8-5-9-35(49-32)44(2,46)47)22-54(52-38)29-12-10-26(11-13-29)21-53-23-45(24-53)19-27(20-45)16-17-48-31-7-4-6-30-37(31)43(60)55(42(30)59)34-14-15-36(56)51-41(34)58/h4-9,18,22,26-27,29,34,48H,10-17,19-21,23-24H2,1-3H3,(H,50,57)(H,51,56,58). The Morgan fingerprint density at radius 1 is 0.984 bits per heavy atom. The largest absolute Gasteiger partial charge is 0.494 e. The van der Waals surface area contributed by atoms with E-state index in [0.717, 1.165) is 80.0 Å². The molecule has 2 saturated carbocycles. The lowest BCUT2D eigenvalue weighted by Crippen LogP contribution is -2.63. The van der Waals surface area contributed by atoms with Crippen LogP contribution in [-0.2, 0) is 15.5 Å². The number of ether oxygens (including phenoxy) is 1. The van der Waals surface area contributed by atoms with Crippen LogP contribution in [-0.4, -0.2) is 93.4 Å². The van der Waals surface area contributed by atoms with E-state index in [1.807, 2.05) is 23.9 Å². The summed E-state index contributed by atoms with van der Waals surface area (Å²) in [5.74, 6) is -4.10. The van der Waals surface area contributed by atoms with Gasteiger partial charge in [-0.15, -0.1) is 0 Å². The number of halogens is 2. The Bertz CT molecular complexity index is 2440. The van der Waals surface area contributed by atoms with Crippen LogP contribution in [0.5, 0.6) is 5.75 Å². The molecule has 3 aliphatic heterocycles. The topological polar surface area (TPSA) is 168 Å². The third-order valence-corrected chi connectivity index (χ3v) is 13.5. The first-order valence-electron chi connectivity index (χ1n) is 21.2. The molecule has 5 aliphatic rings. The minimum absolute atomic E-state index is 0.0841. The van der Waals surface area contributed by atoms with Gasteiger partial charge >= 0.3 is 0 Å².